The second kappa shape index (κ2) is 5.63. The molecule has 1 atom stereocenters. The number of benzene rings is 1. The monoisotopic (exact) mass is 354 g/mol. The molecule has 3 nitrogen and oxygen atoms in total. The molecular formula is C23H30O3. The lowest BCUT2D eigenvalue weighted by Gasteiger charge is -2.43. The molecule has 1 aromatic heterocycles. The van der Waals surface area contributed by atoms with Crippen LogP contribution in [0, 0.1) is 0 Å². The van der Waals surface area contributed by atoms with E-state index in [4.69, 9.17) is 9.15 Å². The van der Waals surface area contributed by atoms with E-state index >= 15 is 0 Å². The summed E-state index contributed by atoms with van der Waals surface area (Å²) in [5, 5.41) is 11.8. The Hall–Kier alpha value is -1.74. The van der Waals surface area contributed by atoms with Crippen molar-refractivity contribution in [3.63, 3.8) is 0 Å². The molecular weight excluding hydrogens is 324 g/mol. The standard InChI is InChI=1S/C23H30O3/c1-21(2)10-11-22(3,4)17-14-20(25-5)18(13-16(17)21)23(24)9-6-7-19-15(23)8-12-26-19/h8,12-14,24H,6-7,9-11H2,1-5H3. The van der Waals surface area contributed by atoms with Crippen LogP contribution in [0.1, 0.15) is 81.4 Å². The largest absolute Gasteiger partial charge is 0.496 e. The van der Waals surface area contributed by atoms with Crippen LogP contribution in [0.5, 0.6) is 5.75 Å². The maximum Gasteiger partial charge on any atom is 0.125 e. The van der Waals surface area contributed by atoms with E-state index in [1.165, 1.54) is 11.1 Å². The van der Waals surface area contributed by atoms with Crippen molar-refractivity contribution in [3.8, 4) is 5.75 Å². The molecule has 26 heavy (non-hydrogen) atoms. The van der Waals surface area contributed by atoms with E-state index in [9.17, 15) is 5.11 Å². The molecule has 0 spiro atoms. The fourth-order valence-electron chi connectivity index (χ4n) is 4.91. The van der Waals surface area contributed by atoms with Crippen LogP contribution in [0.3, 0.4) is 0 Å². The van der Waals surface area contributed by atoms with Crippen LogP contribution in [0.25, 0.3) is 0 Å². The van der Waals surface area contributed by atoms with Crippen molar-refractivity contribution in [2.45, 2.75) is 76.2 Å². The maximum atomic E-state index is 11.8. The van der Waals surface area contributed by atoms with Gasteiger partial charge in [-0.3, -0.25) is 0 Å². The van der Waals surface area contributed by atoms with Gasteiger partial charge in [0.15, 0.2) is 0 Å². The van der Waals surface area contributed by atoms with Crippen LogP contribution in [-0.2, 0) is 22.9 Å². The van der Waals surface area contributed by atoms with Gasteiger partial charge in [-0.25, -0.2) is 0 Å². The minimum absolute atomic E-state index is 0.0934. The maximum absolute atomic E-state index is 11.8. The first-order valence-electron chi connectivity index (χ1n) is 9.72. The minimum atomic E-state index is -1.04. The average molecular weight is 354 g/mol. The highest BCUT2D eigenvalue weighted by Crippen LogP contribution is 2.51. The van der Waals surface area contributed by atoms with Crippen molar-refractivity contribution in [1.29, 1.82) is 0 Å². The van der Waals surface area contributed by atoms with Gasteiger partial charge in [0.05, 0.1) is 13.4 Å². The van der Waals surface area contributed by atoms with Gasteiger partial charge in [0.1, 0.15) is 17.1 Å². The van der Waals surface area contributed by atoms with E-state index in [1.807, 2.05) is 6.07 Å². The highest BCUT2D eigenvalue weighted by Gasteiger charge is 2.43. The van der Waals surface area contributed by atoms with Crippen LogP contribution < -0.4 is 4.74 Å². The zero-order valence-corrected chi connectivity index (χ0v) is 16.6. The summed E-state index contributed by atoms with van der Waals surface area (Å²) in [6.45, 7) is 9.24. The Kier molecular flexibility index (Phi) is 3.82. The van der Waals surface area contributed by atoms with Crippen LogP contribution in [0.15, 0.2) is 28.9 Å². The number of aryl methyl sites for hydroxylation is 1. The average Bonchev–Trinajstić information content (AvgIpc) is 3.08. The van der Waals surface area contributed by atoms with Crippen molar-refractivity contribution in [2.24, 2.45) is 0 Å². The number of methoxy groups -OCH3 is 1. The molecule has 0 saturated heterocycles. The van der Waals surface area contributed by atoms with Gasteiger partial charge in [0.2, 0.25) is 0 Å². The molecule has 3 heteroatoms. The number of furan rings is 1. The zero-order chi connectivity index (χ0) is 18.7. The Balaban J connectivity index is 1.97. The molecule has 140 valence electrons. The van der Waals surface area contributed by atoms with E-state index in [1.54, 1.807) is 13.4 Å². The third-order valence-electron chi connectivity index (χ3n) is 6.75. The first-order chi connectivity index (χ1) is 12.2. The zero-order valence-electron chi connectivity index (χ0n) is 16.6. The summed E-state index contributed by atoms with van der Waals surface area (Å²) < 4.78 is 11.4. The van der Waals surface area contributed by atoms with E-state index in [-0.39, 0.29) is 10.8 Å². The molecule has 1 aromatic carbocycles. The summed E-state index contributed by atoms with van der Waals surface area (Å²) in [7, 11) is 1.70. The van der Waals surface area contributed by atoms with Gasteiger partial charge in [0, 0.05) is 17.5 Å². The molecule has 1 heterocycles. The Labute approximate surface area is 156 Å². The van der Waals surface area contributed by atoms with Gasteiger partial charge in [-0.05, 0) is 65.8 Å². The molecule has 1 N–H and O–H groups in total. The van der Waals surface area contributed by atoms with E-state index in [0.717, 1.165) is 48.3 Å². The lowest BCUT2D eigenvalue weighted by atomic mass is 9.62. The predicted molar refractivity (Wildman–Crippen MR) is 103 cm³/mol. The molecule has 2 aliphatic rings. The normalized spacial score (nSPS) is 26.1. The van der Waals surface area contributed by atoms with Crippen molar-refractivity contribution in [1.82, 2.24) is 0 Å². The summed E-state index contributed by atoms with van der Waals surface area (Å²) >= 11 is 0. The molecule has 1 unspecified atom stereocenters. The van der Waals surface area contributed by atoms with E-state index < -0.39 is 5.60 Å². The molecule has 0 radical (unpaired) electrons. The van der Waals surface area contributed by atoms with Gasteiger partial charge in [0.25, 0.3) is 0 Å². The number of hydrogen-bond acceptors (Lipinski definition) is 3. The number of rotatable bonds is 2. The van der Waals surface area contributed by atoms with Crippen LogP contribution in [0.4, 0.5) is 0 Å². The van der Waals surface area contributed by atoms with Crippen LogP contribution in [-0.4, -0.2) is 12.2 Å². The van der Waals surface area contributed by atoms with Gasteiger partial charge in [-0.2, -0.15) is 0 Å². The molecule has 0 fully saturated rings. The second-order valence-corrected chi connectivity index (χ2v) is 9.34. The number of hydrogen-bond donors (Lipinski definition) is 1. The van der Waals surface area contributed by atoms with Gasteiger partial charge in [-0.15, -0.1) is 0 Å². The molecule has 0 aliphatic heterocycles. The smallest absolute Gasteiger partial charge is 0.125 e. The Morgan fingerprint density at radius 1 is 0.923 bits per heavy atom. The highest BCUT2D eigenvalue weighted by atomic mass is 16.5. The summed E-state index contributed by atoms with van der Waals surface area (Å²) in [6, 6.07) is 6.32. The lowest BCUT2D eigenvalue weighted by molar-refractivity contribution is 0.0560. The molecule has 2 aliphatic carbocycles. The first kappa shape index (κ1) is 17.7. The molecule has 0 bridgehead atoms. The van der Waals surface area contributed by atoms with Gasteiger partial charge < -0.3 is 14.3 Å². The predicted octanol–water partition coefficient (Wildman–Crippen LogP) is 5.21. The fraction of sp³-hybridized carbons (Fsp3) is 0.565. The number of fused-ring (bicyclic) bond motifs is 2. The van der Waals surface area contributed by atoms with E-state index in [0.29, 0.717) is 6.42 Å². The van der Waals surface area contributed by atoms with Crippen molar-refractivity contribution in [3.05, 3.63) is 52.5 Å². The summed E-state index contributed by atoms with van der Waals surface area (Å²) in [5.74, 6) is 1.68. The first-order valence-corrected chi connectivity index (χ1v) is 9.72. The Morgan fingerprint density at radius 2 is 1.58 bits per heavy atom. The van der Waals surface area contributed by atoms with Crippen molar-refractivity contribution >= 4 is 0 Å². The summed E-state index contributed by atoms with van der Waals surface area (Å²) in [4.78, 5) is 0. The summed E-state index contributed by atoms with van der Waals surface area (Å²) in [5.41, 5.74) is 3.64. The SMILES string of the molecule is COc1cc2c(cc1C1(O)CCCc3occc31)C(C)(C)CCC2(C)C. The molecule has 4 rings (SSSR count). The Morgan fingerprint density at radius 3 is 2.23 bits per heavy atom. The quantitative estimate of drug-likeness (QED) is 0.805. The number of ether oxygens (including phenoxy) is 1. The fourth-order valence-corrected chi connectivity index (χ4v) is 4.91. The second-order valence-electron chi connectivity index (χ2n) is 9.34. The van der Waals surface area contributed by atoms with Crippen LogP contribution >= 0.6 is 0 Å². The van der Waals surface area contributed by atoms with Crippen molar-refractivity contribution < 1.29 is 14.3 Å². The topological polar surface area (TPSA) is 42.6 Å². The summed E-state index contributed by atoms with van der Waals surface area (Å²) in [6.07, 6.45) is 6.49. The lowest BCUT2D eigenvalue weighted by Crippen LogP contribution is -2.36. The third kappa shape index (κ3) is 2.44. The third-order valence-corrected chi connectivity index (χ3v) is 6.75. The van der Waals surface area contributed by atoms with E-state index in [2.05, 4.69) is 39.8 Å². The molecule has 2 aromatic rings. The van der Waals surface area contributed by atoms with Gasteiger partial charge >= 0.3 is 0 Å². The minimum Gasteiger partial charge on any atom is -0.496 e. The van der Waals surface area contributed by atoms with Gasteiger partial charge in [-0.1, -0.05) is 27.7 Å². The molecule has 0 amide bonds. The number of aliphatic hydroxyl groups is 1. The van der Waals surface area contributed by atoms with Crippen LogP contribution in [0.2, 0.25) is 0 Å². The van der Waals surface area contributed by atoms with Crippen molar-refractivity contribution in [2.75, 3.05) is 7.11 Å². The molecule has 0 saturated carbocycles. The highest BCUT2D eigenvalue weighted by molar-refractivity contribution is 5.55. The Bertz CT molecular complexity index is 843.